The number of aryl methyl sites for hydroxylation is 1. The molecule has 1 N–H and O–H groups in total. The van der Waals surface area contributed by atoms with Gasteiger partial charge in [0.05, 0.1) is 6.20 Å². The molecular formula is C20H21ClN4O2. The Morgan fingerprint density at radius 1 is 1.19 bits per heavy atom. The zero-order valence-electron chi connectivity index (χ0n) is 15.2. The molecular weight excluding hydrogens is 364 g/mol. The molecule has 6 nitrogen and oxygen atoms in total. The minimum atomic E-state index is -0.0681. The van der Waals surface area contributed by atoms with Crippen LogP contribution in [0.2, 0.25) is 5.02 Å². The van der Waals surface area contributed by atoms with Gasteiger partial charge in [-0.1, -0.05) is 23.7 Å². The molecule has 3 aromatic rings. The quantitative estimate of drug-likeness (QED) is 0.748. The van der Waals surface area contributed by atoms with Crippen LogP contribution in [-0.4, -0.2) is 43.6 Å². The van der Waals surface area contributed by atoms with Crippen molar-refractivity contribution >= 4 is 23.2 Å². The van der Waals surface area contributed by atoms with E-state index in [9.17, 15) is 9.90 Å². The first-order chi connectivity index (χ1) is 13.0. The molecule has 0 bridgehead atoms. The summed E-state index contributed by atoms with van der Waals surface area (Å²) in [5.74, 6) is -0.0494. The molecule has 0 radical (unpaired) electrons. The predicted molar refractivity (Wildman–Crippen MR) is 103 cm³/mol. The highest BCUT2D eigenvalue weighted by Crippen LogP contribution is 2.26. The fraction of sp³-hybridized carbons (Fsp3) is 0.350. The second kappa shape index (κ2) is 7.19. The Morgan fingerprint density at radius 3 is 2.59 bits per heavy atom. The van der Waals surface area contributed by atoms with Gasteiger partial charge in [0, 0.05) is 35.8 Å². The maximum absolute atomic E-state index is 12.8. The third-order valence-electron chi connectivity index (χ3n) is 5.09. The molecule has 0 aliphatic carbocycles. The van der Waals surface area contributed by atoms with Gasteiger partial charge in [-0.05, 0) is 43.9 Å². The van der Waals surface area contributed by atoms with E-state index in [0.717, 1.165) is 37.9 Å². The van der Waals surface area contributed by atoms with Crippen molar-refractivity contribution in [2.24, 2.45) is 0 Å². The van der Waals surface area contributed by atoms with Crippen molar-refractivity contribution < 1.29 is 9.90 Å². The molecule has 2 aromatic heterocycles. The van der Waals surface area contributed by atoms with Crippen LogP contribution in [0.3, 0.4) is 0 Å². The first-order valence-corrected chi connectivity index (χ1v) is 9.52. The van der Waals surface area contributed by atoms with Crippen LogP contribution < -0.4 is 0 Å². The average molecular weight is 385 g/mol. The summed E-state index contributed by atoms with van der Waals surface area (Å²) < 4.78 is 1.36. The van der Waals surface area contributed by atoms with E-state index in [-0.39, 0.29) is 11.8 Å². The van der Waals surface area contributed by atoms with E-state index < -0.39 is 0 Å². The van der Waals surface area contributed by atoms with Crippen LogP contribution in [0.15, 0.2) is 30.5 Å². The molecule has 1 aliphatic heterocycles. The van der Waals surface area contributed by atoms with Crippen LogP contribution in [-0.2, 0) is 6.42 Å². The Balaban J connectivity index is 1.70. The van der Waals surface area contributed by atoms with Crippen LogP contribution in [0.25, 0.3) is 5.65 Å². The number of benzene rings is 1. The Bertz CT molecular complexity index is 991. The van der Waals surface area contributed by atoms with E-state index in [1.54, 1.807) is 0 Å². The van der Waals surface area contributed by atoms with Crippen LogP contribution in [0.4, 0.5) is 0 Å². The smallest absolute Gasteiger partial charge is 0.259 e. The summed E-state index contributed by atoms with van der Waals surface area (Å²) in [5.41, 5.74) is 3.22. The van der Waals surface area contributed by atoms with E-state index >= 15 is 0 Å². The molecule has 4 rings (SSSR count). The van der Waals surface area contributed by atoms with E-state index in [0.29, 0.717) is 33.9 Å². The number of carbonyl (C=O) groups is 1. The number of halogens is 1. The average Bonchev–Trinajstić information content (AvgIpc) is 3.10. The lowest BCUT2D eigenvalue weighted by molar-refractivity contribution is 0.0726. The first-order valence-electron chi connectivity index (χ1n) is 9.14. The molecule has 0 unspecified atom stereocenters. The van der Waals surface area contributed by atoms with Gasteiger partial charge in [0.15, 0.2) is 5.65 Å². The van der Waals surface area contributed by atoms with Crippen molar-refractivity contribution in [2.75, 3.05) is 13.1 Å². The third kappa shape index (κ3) is 3.37. The standard InChI is InChI=1S/C20H21ClN4O2/c1-13-16(11-14-5-7-15(21)8-6-14)20(27)25-18(23-13)17(12-22-25)19(26)24-9-3-2-4-10-24/h5-8,12,27H,2-4,9-11H2,1H3. The number of rotatable bonds is 3. The van der Waals surface area contributed by atoms with Crippen molar-refractivity contribution in [3.63, 3.8) is 0 Å². The van der Waals surface area contributed by atoms with Crippen molar-refractivity contribution in [1.29, 1.82) is 0 Å². The van der Waals surface area contributed by atoms with Gasteiger partial charge in [0.1, 0.15) is 5.56 Å². The molecule has 0 atom stereocenters. The zero-order valence-corrected chi connectivity index (χ0v) is 15.9. The van der Waals surface area contributed by atoms with Gasteiger partial charge in [-0.3, -0.25) is 4.79 Å². The van der Waals surface area contributed by atoms with E-state index in [1.807, 2.05) is 36.1 Å². The highest BCUT2D eigenvalue weighted by atomic mass is 35.5. The molecule has 1 saturated heterocycles. The lowest BCUT2D eigenvalue weighted by Gasteiger charge is -2.26. The van der Waals surface area contributed by atoms with Gasteiger partial charge in [-0.2, -0.15) is 9.61 Å². The summed E-state index contributed by atoms with van der Waals surface area (Å²) in [7, 11) is 0. The summed E-state index contributed by atoms with van der Waals surface area (Å²) in [6, 6.07) is 7.47. The van der Waals surface area contributed by atoms with Crippen molar-refractivity contribution in [3.05, 3.63) is 57.9 Å². The second-order valence-electron chi connectivity index (χ2n) is 6.95. The molecule has 1 fully saturated rings. The minimum absolute atomic E-state index is 0.0187. The summed E-state index contributed by atoms with van der Waals surface area (Å²) in [5, 5.41) is 15.7. The first kappa shape index (κ1) is 17.8. The fourth-order valence-electron chi connectivity index (χ4n) is 3.55. The highest BCUT2D eigenvalue weighted by Gasteiger charge is 2.24. The molecule has 27 heavy (non-hydrogen) atoms. The van der Waals surface area contributed by atoms with Crippen molar-refractivity contribution in [2.45, 2.75) is 32.6 Å². The number of hydrogen-bond donors (Lipinski definition) is 1. The Kier molecular flexibility index (Phi) is 4.74. The van der Waals surface area contributed by atoms with Crippen molar-refractivity contribution in [3.8, 4) is 5.88 Å². The summed E-state index contributed by atoms with van der Waals surface area (Å²) >= 11 is 5.94. The summed E-state index contributed by atoms with van der Waals surface area (Å²) in [6.45, 7) is 3.36. The fourth-order valence-corrected chi connectivity index (χ4v) is 3.68. The second-order valence-corrected chi connectivity index (χ2v) is 7.39. The van der Waals surface area contributed by atoms with Crippen LogP contribution in [0.1, 0.15) is 46.4 Å². The molecule has 0 saturated carbocycles. The van der Waals surface area contributed by atoms with Gasteiger partial charge in [0.25, 0.3) is 5.91 Å². The van der Waals surface area contributed by atoms with Gasteiger partial charge < -0.3 is 10.0 Å². The number of carbonyl (C=O) groups excluding carboxylic acids is 1. The number of hydrogen-bond acceptors (Lipinski definition) is 4. The molecule has 0 spiro atoms. The Labute approximate surface area is 162 Å². The molecule has 1 aliphatic rings. The minimum Gasteiger partial charge on any atom is -0.493 e. The molecule has 7 heteroatoms. The Morgan fingerprint density at radius 2 is 1.89 bits per heavy atom. The number of fused-ring (bicyclic) bond motifs is 1. The number of aromatic nitrogens is 3. The van der Waals surface area contributed by atoms with Gasteiger partial charge in [-0.15, -0.1) is 0 Å². The van der Waals surface area contributed by atoms with Gasteiger partial charge >= 0.3 is 0 Å². The maximum atomic E-state index is 12.8. The Hall–Kier alpha value is -2.60. The number of aromatic hydroxyl groups is 1. The number of piperidine rings is 1. The normalized spacial score (nSPS) is 14.7. The largest absolute Gasteiger partial charge is 0.493 e. The molecule has 3 heterocycles. The van der Waals surface area contributed by atoms with Crippen molar-refractivity contribution in [1.82, 2.24) is 19.5 Å². The third-order valence-corrected chi connectivity index (χ3v) is 5.34. The number of amides is 1. The van der Waals surface area contributed by atoms with E-state index in [2.05, 4.69) is 10.1 Å². The zero-order chi connectivity index (χ0) is 19.0. The number of nitrogens with zero attached hydrogens (tertiary/aromatic N) is 4. The van der Waals surface area contributed by atoms with Gasteiger partial charge in [0.2, 0.25) is 5.88 Å². The molecule has 140 valence electrons. The van der Waals surface area contributed by atoms with Crippen LogP contribution in [0, 0.1) is 6.92 Å². The molecule has 1 amide bonds. The summed E-state index contributed by atoms with van der Waals surface area (Å²) in [4.78, 5) is 19.3. The number of likely N-dealkylation sites (tertiary alicyclic amines) is 1. The SMILES string of the molecule is Cc1nc2c(C(=O)N3CCCCC3)cnn2c(O)c1Cc1ccc(Cl)cc1. The van der Waals surface area contributed by atoms with E-state index in [4.69, 9.17) is 11.6 Å². The lowest BCUT2D eigenvalue weighted by atomic mass is 10.0. The van der Waals surface area contributed by atoms with Gasteiger partial charge in [-0.25, -0.2) is 4.98 Å². The predicted octanol–water partition coefficient (Wildman–Crippen LogP) is 3.61. The maximum Gasteiger partial charge on any atom is 0.259 e. The topological polar surface area (TPSA) is 70.7 Å². The summed E-state index contributed by atoms with van der Waals surface area (Å²) in [6.07, 6.45) is 5.21. The van der Waals surface area contributed by atoms with Crippen LogP contribution >= 0.6 is 11.6 Å². The monoisotopic (exact) mass is 384 g/mol. The van der Waals surface area contributed by atoms with E-state index in [1.165, 1.54) is 10.7 Å². The van der Waals surface area contributed by atoms with Crippen LogP contribution in [0.5, 0.6) is 5.88 Å². The lowest BCUT2D eigenvalue weighted by Crippen LogP contribution is -2.35. The molecule has 1 aromatic carbocycles. The highest BCUT2D eigenvalue weighted by molar-refractivity contribution is 6.30.